The lowest BCUT2D eigenvalue weighted by molar-refractivity contribution is -0.121. The van der Waals surface area contributed by atoms with Gasteiger partial charge < -0.3 is 19.9 Å². The number of aromatic carboxylic acids is 1. The lowest BCUT2D eigenvalue weighted by Gasteiger charge is -2.19. The van der Waals surface area contributed by atoms with Crippen LogP contribution < -0.4 is 19.7 Å². The Balaban J connectivity index is 1.89. The third-order valence-corrected chi connectivity index (χ3v) is 4.58. The van der Waals surface area contributed by atoms with Crippen LogP contribution in [-0.2, 0) is 9.59 Å². The van der Waals surface area contributed by atoms with Crippen molar-refractivity contribution in [3.8, 4) is 11.5 Å². The van der Waals surface area contributed by atoms with Gasteiger partial charge in [0.2, 0.25) is 5.91 Å². The Kier molecular flexibility index (Phi) is 5.21. The van der Waals surface area contributed by atoms with Gasteiger partial charge in [-0.15, -0.1) is 0 Å². The van der Waals surface area contributed by atoms with E-state index >= 15 is 0 Å². The molecule has 1 aliphatic rings. The molecule has 3 rings (SSSR count). The molecular weight excluding hydrogens is 364 g/mol. The quantitative estimate of drug-likeness (QED) is 0.737. The molecule has 0 spiro atoms. The fourth-order valence-electron chi connectivity index (χ4n) is 3.09. The van der Waals surface area contributed by atoms with E-state index in [-0.39, 0.29) is 17.7 Å². The molecule has 0 aromatic heterocycles. The minimum atomic E-state index is -1.13. The van der Waals surface area contributed by atoms with Gasteiger partial charge in [-0.1, -0.05) is 6.07 Å². The second-order valence-corrected chi connectivity index (χ2v) is 6.34. The predicted octanol–water partition coefficient (Wildman–Crippen LogP) is 2.45. The van der Waals surface area contributed by atoms with Gasteiger partial charge in [0, 0.05) is 6.07 Å². The Hall–Kier alpha value is -3.55. The van der Waals surface area contributed by atoms with Crippen LogP contribution in [0.1, 0.15) is 22.3 Å². The minimum Gasteiger partial charge on any atom is -0.497 e. The molecule has 1 fully saturated rings. The van der Waals surface area contributed by atoms with E-state index in [4.69, 9.17) is 9.47 Å². The van der Waals surface area contributed by atoms with Gasteiger partial charge in [-0.05, 0) is 36.8 Å². The molecule has 2 N–H and O–H groups in total. The van der Waals surface area contributed by atoms with Crippen molar-refractivity contribution in [2.75, 3.05) is 24.4 Å². The van der Waals surface area contributed by atoms with Crippen molar-refractivity contribution >= 4 is 29.2 Å². The lowest BCUT2D eigenvalue weighted by atomic mass is 10.1. The SMILES string of the molecule is COc1ccc(N[C@@H]2CC(=O)N(c3cc(C(=O)O)ccc3C)C2=O)c(OC)c1. The summed E-state index contributed by atoms with van der Waals surface area (Å²) in [7, 11) is 3.03. The number of ether oxygens (including phenoxy) is 2. The van der Waals surface area contributed by atoms with Crippen LogP contribution in [0.5, 0.6) is 11.5 Å². The highest BCUT2D eigenvalue weighted by molar-refractivity contribution is 6.23. The van der Waals surface area contributed by atoms with Gasteiger partial charge in [-0.2, -0.15) is 0 Å². The molecule has 0 unspecified atom stereocenters. The number of benzene rings is 2. The number of hydrogen-bond donors (Lipinski definition) is 2. The van der Waals surface area contributed by atoms with Crippen LogP contribution in [-0.4, -0.2) is 43.2 Å². The number of carbonyl (C=O) groups is 3. The van der Waals surface area contributed by atoms with E-state index in [1.54, 1.807) is 31.2 Å². The van der Waals surface area contributed by atoms with Crippen LogP contribution in [0.25, 0.3) is 0 Å². The van der Waals surface area contributed by atoms with E-state index in [0.717, 1.165) is 4.90 Å². The highest BCUT2D eigenvalue weighted by Gasteiger charge is 2.40. The highest BCUT2D eigenvalue weighted by Crippen LogP contribution is 2.33. The molecular formula is C20H20N2O6. The zero-order chi connectivity index (χ0) is 20.4. The number of nitrogens with zero attached hydrogens (tertiary/aromatic N) is 1. The number of nitrogens with one attached hydrogen (secondary N) is 1. The van der Waals surface area contributed by atoms with E-state index in [1.165, 1.54) is 26.4 Å². The summed E-state index contributed by atoms with van der Waals surface area (Å²) in [5.74, 6) is -0.909. The number of imide groups is 1. The molecule has 8 nitrogen and oxygen atoms in total. The molecule has 1 saturated heterocycles. The molecule has 1 heterocycles. The Morgan fingerprint density at radius 1 is 1.14 bits per heavy atom. The first-order valence-corrected chi connectivity index (χ1v) is 8.55. The van der Waals surface area contributed by atoms with Gasteiger partial charge >= 0.3 is 5.97 Å². The van der Waals surface area contributed by atoms with E-state index in [1.807, 2.05) is 0 Å². The maximum Gasteiger partial charge on any atom is 0.335 e. The lowest BCUT2D eigenvalue weighted by Crippen LogP contribution is -2.35. The van der Waals surface area contributed by atoms with Crippen molar-refractivity contribution in [2.45, 2.75) is 19.4 Å². The average molecular weight is 384 g/mol. The number of rotatable bonds is 6. The molecule has 1 atom stereocenters. The molecule has 28 heavy (non-hydrogen) atoms. The van der Waals surface area contributed by atoms with Crippen LogP contribution in [0.3, 0.4) is 0 Å². The number of aryl methyl sites for hydroxylation is 1. The average Bonchev–Trinajstić information content (AvgIpc) is 2.95. The molecule has 0 aliphatic carbocycles. The van der Waals surface area contributed by atoms with Crippen LogP contribution in [0.15, 0.2) is 36.4 Å². The topological polar surface area (TPSA) is 105 Å². The summed E-state index contributed by atoms with van der Waals surface area (Å²) in [6.45, 7) is 1.72. The van der Waals surface area contributed by atoms with Crippen LogP contribution in [0.4, 0.5) is 11.4 Å². The predicted molar refractivity (Wildman–Crippen MR) is 102 cm³/mol. The van der Waals surface area contributed by atoms with Crippen molar-refractivity contribution in [3.63, 3.8) is 0 Å². The standard InChI is InChI=1S/C20H20N2O6/c1-11-4-5-12(20(25)26)8-16(11)22-18(23)10-15(19(22)24)21-14-7-6-13(27-2)9-17(14)28-3/h4-9,15,21H,10H2,1-3H3,(H,25,26)/t15-/m1/s1. The summed E-state index contributed by atoms with van der Waals surface area (Å²) in [5, 5.41) is 12.2. The van der Waals surface area contributed by atoms with Gasteiger partial charge in [0.25, 0.3) is 5.91 Å². The van der Waals surface area contributed by atoms with Gasteiger partial charge in [-0.3, -0.25) is 9.59 Å². The first-order valence-electron chi connectivity index (χ1n) is 8.55. The van der Waals surface area contributed by atoms with Crippen LogP contribution in [0, 0.1) is 6.92 Å². The Morgan fingerprint density at radius 2 is 1.89 bits per heavy atom. The van der Waals surface area contributed by atoms with Gasteiger partial charge in [0.05, 0.1) is 37.6 Å². The molecule has 2 amide bonds. The number of hydrogen-bond acceptors (Lipinski definition) is 6. The molecule has 0 radical (unpaired) electrons. The van der Waals surface area contributed by atoms with Crippen molar-refractivity contribution in [1.29, 1.82) is 0 Å². The second-order valence-electron chi connectivity index (χ2n) is 6.34. The molecule has 2 aromatic rings. The maximum absolute atomic E-state index is 12.9. The summed E-state index contributed by atoms with van der Waals surface area (Å²) >= 11 is 0. The van der Waals surface area contributed by atoms with Crippen LogP contribution in [0.2, 0.25) is 0 Å². The van der Waals surface area contributed by atoms with E-state index in [9.17, 15) is 19.5 Å². The van der Waals surface area contributed by atoms with Gasteiger partial charge in [0.15, 0.2) is 0 Å². The number of amides is 2. The largest absolute Gasteiger partial charge is 0.497 e. The Bertz CT molecular complexity index is 956. The summed E-state index contributed by atoms with van der Waals surface area (Å²) in [6.07, 6.45) is -0.0508. The third-order valence-electron chi connectivity index (χ3n) is 4.58. The van der Waals surface area contributed by atoms with E-state index < -0.39 is 23.8 Å². The summed E-state index contributed by atoms with van der Waals surface area (Å²) in [4.78, 5) is 37.7. The smallest absolute Gasteiger partial charge is 0.335 e. The Labute approximate surface area is 161 Å². The fourth-order valence-corrected chi connectivity index (χ4v) is 3.09. The van der Waals surface area contributed by atoms with Crippen molar-refractivity contribution in [2.24, 2.45) is 0 Å². The van der Waals surface area contributed by atoms with E-state index in [2.05, 4.69) is 5.32 Å². The zero-order valence-corrected chi connectivity index (χ0v) is 15.7. The molecule has 2 aromatic carbocycles. The first-order chi connectivity index (χ1) is 13.3. The summed E-state index contributed by atoms with van der Waals surface area (Å²) < 4.78 is 10.5. The second kappa shape index (κ2) is 7.59. The fraction of sp³-hybridized carbons (Fsp3) is 0.250. The van der Waals surface area contributed by atoms with E-state index in [0.29, 0.717) is 22.7 Å². The molecule has 1 aliphatic heterocycles. The Morgan fingerprint density at radius 3 is 2.54 bits per heavy atom. The number of carboxylic acids is 1. The van der Waals surface area contributed by atoms with Crippen LogP contribution >= 0.6 is 0 Å². The molecule has 0 saturated carbocycles. The number of anilines is 2. The third kappa shape index (κ3) is 3.48. The monoisotopic (exact) mass is 384 g/mol. The molecule has 0 bridgehead atoms. The normalized spacial score (nSPS) is 16.2. The molecule has 146 valence electrons. The van der Waals surface area contributed by atoms with Crippen molar-refractivity contribution in [1.82, 2.24) is 0 Å². The summed E-state index contributed by atoms with van der Waals surface area (Å²) in [6, 6.07) is 8.64. The molecule has 8 heteroatoms. The number of carboxylic acid groups (broad SMARTS) is 1. The first kappa shape index (κ1) is 19.2. The number of carbonyl (C=O) groups excluding carboxylic acids is 2. The minimum absolute atomic E-state index is 0.00873. The zero-order valence-electron chi connectivity index (χ0n) is 15.7. The maximum atomic E-state index is 12.9. The summed E-state index contributed by atoms with van der Waals surface area (Å²) in [5.41, 5.74) is 1.47. The van der Waals surface area contributed by atoms with Gasteiger partial charge in [0.1, 0.15) is 17.5 Å². The van der Waals surface area contributed by atoms with Crippen molar-refractivity contribution < 1.29 is 29.0 Å². The highest BCUT2D eigenvalue weighted by atomic mass is 16.5. The van der Waals surface area contributed by atoms with Crippen molar-refractivity contribution in [3.05, 3.63) is 47.5 Å². The number of methoxy groups -OCH3 is 2. The van der Waals surface area contributed by atoms with Gasteiger partial charge in [-0.25, -0.2) is 9.69 Å².